The number of aromatic hydroxyl groups is 1. The largest absolute Gasteiger partial charge is 0.504 e. The van der Waals surface area contributed by atoms with Gasteiger partial charge in [0.15, 0.2) is 11.5 Å². The molecule has 3 N–H and O–H groups in total. The van der Waals surface area contributed by atoms with E-state index in [1.165, 1.54) is 13.3 Å². The molecular formula is C16H15N3O4. The Labute approximate surface area is 132 Å². The number of hydrazone groups is 1. The Morgan fingerprint density at radius 3 is 2.52 bits per heavy atom. The number of phenolic OH excluding ortho intramolecular Hbond substituents is 1. The van der Waals surface area contributed by atoms with Crippen molar-refractivity contribution in [1.29, 1.82) is 0 Å². The van der Waals surface area contributed by atoms with Crippen molar-refractivity contribution < 1.29 is 19.4 Å². The molecule has 2 aromatic rings. The molecule has 0 saturated heterocycles. The second-order valence-corrected chi connectivity index (χ2v) is 4.42. The number of anilines is 1. The molecule has 118 valence electrons. The zero-order valence-electron chi connectivity index (χ0n) is 12.3. The maximum absolute atomic E-state index is 11.7. The molecule has 7 nitrogen and oxygen atoms in total. The Kier molecular flexibility index (Phi) is 5.30. The topological polar surface area (TPSA) is 100 Å². The van der Waals surface area contributed by atoms with Gasteiger partial charge in [0.25, 0.3) is 0 Å². The number of para-hydroxylation sites is 2. The van der Waals surface area contributed by atoms with Crippen LogP contribution in [0.4, 0.5) is 5.69 Å². The SMILES string of the molecule is COc1cccc(/C=N\NC(=O)C(=O)Nc2ccccc2)c1O. The van der Waals surface area contributed by atoms with Gasteiger partial charge in [0, 0.05) is 11.3 Å². The third kappa shape index (κ3) is 4.31. The molecule has 7 heteroatoms. The third-order valence-corrected chi connectivity index (χ3v) is 2.86. The number of methoxy groups -OCH3 is 1. The van der Waals surface area contributed by atoms with Gasteiger partial charge in [-0.15, -0.1) is 0 Å². The van der Waals surface area contributed by atoms with Gasteiger partial charge in [0.05, 0.1) is 13.3 Å². The van der Waals surface area contributed by atoms with E-state index in [-0.39, 0.29) is 11.5 Å². The van der Waals surface area contributed by atoms with Crippen molar-refractivity contribution in [2.24, 2.45) is 5.10 Å². The Hall–Kier alpha value is -3.35. The first-order chi connectivity index (χ1) is 11.1. The van der Waals surface area contributed by atoms with Gasteiger partial charge in [-0.2, -0.15) is 5.10 Å². The standard InChI is InChI=1S/C16H15N3O4/c1-23-13-9-5-6-11(14(13)20)10-17-19-16(22)15(21)18-12-7-3-2-4-8-12/h2-10,20H,1H3,(H,18,21)(H,19,22)/b17-10-. The quantitative estimate of drug-likeness (QED) is 0.452. The summed E-state index contributed by atoms with van der Waals surface area (Å²) in [4.78, 5) is 23.3. The highest BCUT2D eigenvalue weighted by atomic mass is 16.5. The first kappa shape index (κ1) is 16.0. The predicted molar refractivity (Wildman–Crippen MR) is 85.5 cm³/mol. The minimum atomic E-state index is -0.924. The molecule has 0 spiro atoms. The van der Waals surface area contributed by atoms with Crippen LogP contribution in [-0.2, 0) is 9.59 Å². The third-order valence-electron chi connectivity index (χ3n) is 2.86. The van der Waals surface area contributed by atoms with Crippen LogP contribution < -0.4 is 15.5 Å². The zero-order chi connectivity index (χ0) is 16.7. The number of hydrogen-bond acceptors (Lipinski definition) is 5. The van der Waals surface area contributed by atoms with Crippen LogP contribution >= 0.6 is 0 Å². The number of nitrogens with zero attached hydrogens (tertiary/aromatic N) is 1. The van der Waals surface area contributed by atoms with Crippen molar-refractivity contribution in [3.63, 3.8) is 0 Å². The molecule has 0 radical (unpaired) electrons. The van der Waals surface area contributed by atoms with E-state index in [1.54, 1.807) is 48.5 Å². The first-order valence-electron chi connectivity index (χ1n) is 6.67. The second kappa shape index (κ2) is 7.60. The van der Waals surface area contributed by atoms with Gasteiger partial charge >= 0.3 is 11.8 Å². The lowest BCUT2D eigenvalue weighted by Crippen LogP contribution is -2.32. The molecule has 0 atom stereocenters. The molecule has 0 aromatic heterocycles. The number of phenols is 1. The fourth-order valence-corrected chi connectivity index (χ4v) is 1.73. The van der Waals surface area contributed by atoms with E-state index in [4.69, 9.17) is 4.74 Å². The summed E-state index contributed by atoms with van der Waals surface area (Å²) in [7, 11) is 1.42. The summed E-state index contributed by atoms with van der Waals surface area (Å²) in [6.45, 7) is 0. The van der Waals surface area contributed by atoms with Crippen LogP contribution in [0.15, 0.2) is 53.6 Å². The van der Waals surface area contributed by atoms with Gasteiger partial charge in [-0.05, 0) is 24.3 Å². The maximum atomic E-state index is 11.7. The molecule has 0 saturated carbocycles. The molecule has 0 aliphatic heterocycles. The van der Waals surface area contributed by atoms with Crippen LogP contribution in [0, 0.1) is 0 Å². The van der Waals surface area contributed by atoms with E-state index in [2.05, 4.69) is 15.8 Å². The Morgan fingerprint density at radius 1 is 1.09 bits per heavy atom. The van der Waals surface area contributed by atoms with Crippen molar-refractivity contribution in [3.8, 4) is 11.5 Å². The van der Waals surface area contributed by atoms with Crippen molar-refractivity contribution in [2.75, 3.05) is 12.4 Å². The number of carbonyl (C=O) groups excluding carboxylic acids is 2. The Bertz CT molecular complexity index is 729. The monoisotopic (exact) mass is 313 g/mol. The molecule has 2 rings (SSSR count). The van der Waals surface area contributed by atoms with Gasteiger partial charge in [-0.25, -0.2) is 5.43 Å². The number of hydrogen-bond donors (Lipinski definition) is 3. The average Bonchev–Trinajstić information content (AvgIpc) is 2.57. The van der Waals surface area contributed by atoms with Crippen LogP contribution in [0.5, 0.6) is 11.5 Å². The highest BCUT2D eigenvalue weighted by Crippen LogP contribution is 2.27. The molecule has 0 aliphatic rings. The lowest BCUT2D eigenvalue weighted by atomic mass is 10.2. The summed E-state index contributed by atoms with van der Waals surface area (Å²) < 4.78 is 4.95. The molecule has 2 amide bonds. The summed E-state index contributed by atoms with van der Waals surface area (Å²) in [6.07, 6.45) is 1.21. The predicted octanol–water partition coefficient (Wildman–Crippen LogP) is 1.49. The fraction of sp³-hybridized carbons (Fsp3) is 0.0625. The molecule has 0 heterocycles. The van der Waals surface area contributed by atoms with Crippen LogP contribution in [0.25, 0.3) is 0 Å². The number of ether oxygens (including phenoxy) is 1. The van der Waals surface area contributed by atoms with Crippen LogP contribution in [0.3, 0.4) is 0 Å². The number of benzene rings is 2. The summed E-state index contributed by atoms with van der Waals surface area (Å²) in [5.74, 6) is -1.60. The highest BCUT2D eigenvalue weighted by Gasteiger charge is 2.12. The first-order valence-corrected chi connectivity index (χ1v) is 6.67. The number of rotatable bonds is 4. The average molecular weight is 313 g/mol. The number of amides is 2. The van der Waals surface area contributed by atoms with Gasteiger partial charge in [0.2, 0.25) is 0 Å². The summed E-state index contributed by atoms with van der Waals surface area (Å²) in [5, 5.41) is 15.9. The molecule has 0 unspecified atom stereocenters. The van der Waals surface area contributed by atoms with Crippen LogP contribution in [0.1, 0.15) is 5.56 Å². The fourth-order valence-electron chi connectivity index (χ4n) is 1.73. The summed E-state index contributed by atoms with van der Waals surface area (Å²) >= 11 is 0. The van der Waals surface area contributed by atoms with Gasteiger partial charge in [-0.3, -0.25) is 9.59 Å². The van der Waals surface area contributed by atoms with Crippen LogP contribution in [0.2, 0.25) is 0 Å². The lowest BCUT2D eigenvalue weighted by Gasteiger charge is -2.05. The van der Waals surface area contributed by atoms with Crippen molar-refractivity contribution in [3.05, 3.63) is 54.1 Å². The Balaban J connectivity index is 1.95. The smallest absolute Gasteiger partial charge is 0.329 e. The lowest BCUT2D eigenvalue weighted by molar-refractivity contribution is -0.136. The van der Waals surface area contributed by atoms with Crippen molar-refractivity contribution >= 4 is 23.7 Å². The van der Waals surface area contributed by atoms with Gasteiger partial charge < -0.3 is 15.2 Å². The molecule has 0 fully saturated rings. The minimum absolute atomic E-state index is 0.110. The number of nitrogens with one attached hydrogen (secondary N) is 2. The molecule has 0 bridgehead atoms. The van der Waals surface area contributed by atoms with Crippen molar-refractivity contribution in [2.45, 2.75) is 0 Å². The van der Waals surface area contributed by atoms with Gasteiger partial charge in [0.1, 0.15) is 0 Å². The normalized spacial score (nSPS) is 10.3. The maximum Gasteiger partial charge on any atom is 0.329 e. The summed E-state index contributed by atoms with van der Waals surface area (Å²) in [6, 6.07) is 13.4. The summed E-state index contributed by atoms with van der Waals surface area (Å²) in [5.41, 5.74) is 2.93. The number of carbonyl (C=O) groups is 2. The Morgan fingerprint density at radius 2 is 1.83 bits per heavy atom. The van der Waals surface area contributed by atoms with E-state index >= 15 is 0 Å². The molecule has 0 aliphatic carbocycles. The molecular weight excluding hydrogens is 298 g/mol. The zero-order valence-corrected chi connectivity index (χ0v) is 12.3. The van der Waals surface area contributed by atoms with E-state index in [1.807, 2.05) is 0 Å². The van der Waals surface area contributed by atoms with Crippen LogP contribution in [-0.4, -0.2) is 30.2 Å². The second-order valence-electron chi connectivity index (χ2n) is 4.42. The van der Waals surface area contributed by atoms with E-state index in [9.17, 15) is 14.7 Å². The van der Waals surface area contributed by atoms with E-state index in [0.29, 0.717) is 11.3 Å². The highest BCUT2D eigenvalue weighted by molar-refractivity contribution is 6.39. The minimum Gasteiger partial charge on any atom is -0.504 e. The van der Waals surface area contributed by atoms with Gasteiger partial charge in [-0.1, -0.05) is 24.3 Å². The molecule has 23 heavy (non-hydrogen) atoms. The molecule has 2 aromatic carbocycles. The van der Waals surface area contributed by atoms with E-state index in [0.717, 1.165) is 0 Å². The van der Waals surface area contributed by atoms with Crippen molar-refractivity contribution in [1.82, 2.24) is 5.43 Å². The van der Waals surface area contributed by atoms with E-state index < -0.39 is 11.8 Å².